The van der Waals surface area contributed by atoms with E-state index in [1.54, 1.807) is 0 Å². The van der Waals surface area contributed by atoms with Crippen molar-refractivity contribution in [2.45, 2.75) is 25.2 Å². The molecule has 0 unspecified atom stereocenters. The van der Waals surface area contributed by atoms with Gasteiger partial charge in [-0.2, -0.15) is 5.10 Å². The van der Waals surface area contributed by atoms with Gasteiger partial charge in [-0.1, -0.05) is 36.4 Å². The summed E-state index contributed by atoms with van der Waals surface area (Å²) in [5, 5.41) is 4.07. The topological polar surface area (TPSA) is 75.5 Å². The van der Waals surface area contributed by atoms with Crippen LogP contribution in [0.3, 0.4) is 0 Å². The summed E-state index contributed by atoms with van der Waals surface area (Å²) >= 11 is 0. The molecule has 162 valence electrons. The van der Waals surface area contributed by atoms with E-state index in [1.807, 2.05) is 30.3 Å². The molecule has 2 heterocycles. The summed E-state index contributed by atoms with van der Waals surface area (Å²) in [6.45, 7) is 0.579. The standard InChI is InChI=1S/C22H21F2N3O4/c23-18-6-7-19(20(24)8-18)22(13-27-15-25-14-26-27)9-17(12-31-22)11-30-21(28)29-10-16-4-2-1-3-5-16/h1-8,14-15,17H,9-13H2/t17-,22+/m0/s1. The molecule has 4 rings (SSSR count). The van der Waals surface area contributed by atoms with Crippen molar-refractivity contribution in [1.82, 2.24) is 14.8 Å². The number of ether oxygens (including phenoxy) is 3. The summed E-state index contributed by atoms with van der Waals surface area (Å²) in [5.74, 6) is -1.57. The summed E-state index contributed by atoms with van der Waals surface area (Å²) in [4.78, 5) is 15.8. The number of hydrogen-bond donors (Lipinski definition) is 0. The summed E-state index contributed by atoms with van der Waals surface area (Å²) < 4.78 is 45.9. The van der Waals surface area contributed by atoms with Gasteiger partial charge < -0.3 is 14.2 Å². The molecule has 0 radical (unpaired) electrons. The fourth-order valence-electron chi connectivity index (χ4n) is 3.73. The van der Waals surface area contributed by atoms with Gasteiger partial charge in [0.25, 0.3) is 0 Å². The van der Waals surface area contributed by atoms with Crippen molar-refractivity contribution in [2.75, 3.05) is 13.2 Å². The molecule has 0 aliphatic carbocycles. The average Bonchev–Trinajstić information content (AvgIpc) is 3.42. The van der Waals surface area contributed by atoms with Crippen LogP contribution in [-0.2, 0) is 33.0 Å². The molecule has 0 spiro atoms. The van der Waals surface area contributed by atoms with Crippen LogP contribution in [0.25, 0.3) is 0 Å². The lowest BCUT2D eigenvalue weighted by Crippen LogP contribution is -2.32. The molecular weight excluding hydrogens is 408 g/mol. The summed E-state index contributed by atoms with van der Waals surface area (Å²) in [7, 11) is 0. The summed E-state index contributed by atoms with van der Waals surface area (Å²) in [5.41, 5.74) is -0.0196. The molecule has 3 aromatic rings. The Labute approximate surface area is 177 Å². The maximum absolute atomic E-state index is 14.6. The first-order valence-corrected chi connectivity index (χ1v) is 9.79. The van der Waals surface area contributed by atoms with Crippen molar-refractivity contribution in [3.8, 4) is 0 Å². The second kappa shape index (κ2) is 9.22. The molecule has 1 aliphatic rings. The van der Waals surface area contributed by atoms with Gasteiger partial charge in [0.05, 0.1) is 13.2 Å². The number of rotatable bonds is 7. The Morgan fingerprint density at radius 3 is 2.77 bits per heavy atom. The highest BCUT2D eigenvalue weighted by Gasteiger charge is 2.44. The number of hydrogen-bond acceptors (Lipinski definition) is 6. The largest absolute Gasteiger partial charge is 0.508 e. The van der Waals surface area contributed by atoms with E-state index in [0.29, 0.717) is 6.42 Å². The van der Waals surface area contributed by atoms with Gasteiger partial charge in [0, 0.05) is 17.5 Å². The Balaban J connectivity index is 1.40. The van der Waals surface area contributed by atoms with Crippen LogP contribution >= 0.6 is 0 Å². The normalized spacial score (nSPS) is 20.5. The third-order valence-electron chi connectivity index (χ3n) is 5.16. The highest BCUT2D eigenvalue weighted by molar-refractivity contribution is 5.59. The van der Waals surface area contributed by atoms with Crippen molar-refractivity contribution in [3.05, 3.63) is 83.9 Å². The molecule has 7 nitrogen and oxygen atoms in total. The molecule has 2 aromatic carbocycles. The number of benzene rings is 2. The third-order valence-corrected chi connectivity index (χ3v) is 5.16. The first-order valence-electron chi connectivity index (χ1n) is 9.79. The first kappa shape index (κ1) is 20.9. The van der Waals surface area contributed by atoms with E-state index in [2.05, 4.69) is 10.1 Å². The first-order chi connectivity index (χ1) is 15.0. The Morgan fingerprint density at radius 2 is 2.03 bits per heavy atom. The van der Waals surface area contributed by atoms with Gasteiger partial charge in [-0.15, -0.1) is 0 Å². The fourth-order valence-corrected chi connectivity index (χ4v) is 3.73. The lowest BCUT2D eigenvalue weighted by atomic mass is 9.87. The Morgan fingerprint density at radius 1 is 1.19 bits per heavy atom. The average molecular weight is 429 g/mol. The van der Waals surface area contributed by atoms with E-state index < -0.39 is 23.4 Å². The van der Waals surface area contributed by atoms with Crippen molar-refractivity contribution < 1.29 is 27.8 Å². The van der Waals surface area contributed by atoms with Gasteiger partial charge in [0.2, 0.25) is 0 Å². The molecule has 0 saturated carbocycles. The van der Waals surface area contributed by atoms with Gasteiger partial charge in [0.1, 0.15) is 43.1 Å². The second-order valence-electron chi connectivity index (χ2n) is 7.43. The zero-order valence-corrected chi connectivity index (χ0v) is 16.6. The maximum atomic E-state index is 14.6. The van der Waals surface area contributed by atoms with E-state index in [4.69, 9.17) is 14.2 Å². The van der Waals surface area contributed by atoms with Crippen LogP contribution in [0.5, 0.6) is 0 Å². The molecule has 0 bridgehead atoms. The molecule has 1 saturated heterocycles. The van der Waals surface area contributed by atoms with Crippen LogP contribution in [0.1, 0.15) is 17.5 Å². The predicted molar refractivity (Wildman–Crippen MR) is 105 cm³/mol. The zero-order valence-electron chi connectivity index (χ0n) is 16.6. The third kappa shape index (κ3) is 5.05. The molecule has 2 atom stereocenters. The molecular formula is C22H21F2N3O4. The highest BCUT2D eigenvalue weighted by Crippen LogP contribution is 2.41. The van der Waals surface area contributed by atoms with Crippen molar-refractivity contribution in [1.29, 1.82) is 0 Å². The number of halogens is 2. The monoisotopic (exact) mass is 429 g/mol. The van der Waals surface area contributed by atoms with Crippen LogP contribution < -0.4 is 0 Å². The zero-order chi connectivity index (χ0) is 21.7. The summed E-state index contributed by atoms with van der Waals surface area (Å²) in [6, 6.07) is 12.6. The smallest absolute Gasteiger partial charge is 0.434 e. The lowest BCUT2D eigenvalue weighted by Gasteiger charge is -2.29. The van der Waals surface area contributed by atoms with Gasteiger partial charge >= 0.3 is 6.16 Å². The van der Waals surface area contributed by atoms with E-state index in [0.717, 1.165) is 11.6 Å². The molecule has 9 heteroatoms. The van der Waals surface area contributed by atoms with Crippen LogP contribution in [0.2, 0.25) is 0 Å². The molecule has 1 aromatic heterocycles. The molecule has 0 N–H and O–H groups in total. The Kier molecular flexibility index (Phi) is 6.22. The van der Waals surface area contributed by atoms with Crippen molar-refractivity contribution in [2.24, 2.45) is 5.92 Å². The Bertz CT molecular complexity index is 1020. The quantitative estimate of drug-likeness (QED) is 0.531. The van der Waals surface area contributed by atoms with Crippen molar-refractivity contribution in [3.63, 3.8) is 0 Å². The Hall–Kier alpha value is -3.33. The van der Waals surface area contributed by atoms with Gasteiger partial charge in [-0.3, -0.25) is 0 Å². The van der Waals surface area contributed by atoms with E-state index >= 15 is 0 Å². The number of carbonyl (C=O) groups excluding carboxylic acids is 1. The molecule has 31 heavy (non-hydrogen) atoms. The molecule has 1 fully saturated rings. The van der Waals surface area contributed by atoms with Gasteiger partial charge in [-0.05, 0) is 18.1 Å². The van der Waals surface area contributed by atoms with Crippen LogP contribution in [-0.4, -0.2) is 34.1 Å². The minimum atomic E-state index is -1.09. The van der Waals surface area contributed by atoms with Crippen LogP contribution in [0.4, 0.5) is 13.6 Å². The van der Waals surface area contributed by atoms with Crippen molar-refractivity contribution >= 4 is 6.16 Å². The van der Waals surface area contributed by atoms with E-state index in [-0.39, 0.29) is 37.8 Å². The molecule has 0 amide bonds. The van der Waals surface area contributed by atoms with Crippen LogP contribution in [0, 0.1) is 17.6 Å². The van der Waals surface area contributed by atoms with Crippen LogP contribution in [0.15, 0.2) is 61.2 Å². The second-order valence-corrected chi connectivity index (χ2v) is 7.43. The van der Waals surface area contributed by atoms with Gasteiger partial charge in [0.15, 0.2) is 0 Å². The minimum absolute atomic E-state index is 0.0511. The molecule has 1 aliphatic heterocycles. The minimum Gasteiger partial charge on any atom is -0.434 e. The maximum Gasteiger partial charge on any atom is 0.508 e. The van der Waals surface area contributed by atoms with E-state index in [1.165, 1.54) is 29.5 Å². The number of aromatic nitrogens is 3. The highest BCUT2D eigenvalue weighted by atomic mass is 19.1. The SMILES string of the molecule is O=C(OCc1ccccc1)OC[C@H]1CO[C@](Cn2cncn2)(c2ccc(F)cc2F)C1. The number of nitrogens with zero attached hydrogens (tertiary/aromatic N) is 3. The summed E-state index contributed by atoms with van der Waals surface area (Å²) in [6.07, 6.45) is 2.43. The fraction of sp³-hybridized carbons (Fsp3) is 0.318. The van der Waals surface area contributed by atoms with Gasteiger partial charge in [-0.25, -0.2) is 23.2 Å². The predicted octanol–water partition coefficient (Wildman–Crippen LogP) is 3.84. The lowest BCUT2D eigenvalue weighted by molar-refractivity contribution is -0.0211. The van der Waals surface area contributed by atoms with E-state index in [9.17, 15) is 13.6 Å². The number of carbonyl (C=O) groups is 1.